The number of amides is 2. The van der Waals surface area contributed by atoms with Crippen LogP contribution < -0.4 is 10.6 Å². The molecule has 3 N–H and O–H groups in total. The smallest absolute Gasteiger partial charge is 0.407 e. The Labute approximate surface area is 575 Å². The Morgan fingerprint density at radius 1 is 0.475 bits per heavy atom. The van der Waals surface area contributed by atoms with Gasteiger partial charge in [0.15, 0.2) is 31.3 Å². The molecule has 0 unspecified atom stereocenters. The molecule has 0 aromatic heterocycles. The van der Waals surface area contributed by atoms with Crippen LogP contribution in [0.25, 0.3) is 11.1 Å². The SMILES string of the molecule is CO[C@@H]1O[C@@H]2CO[C@@H](c3ccccc3)O[C@H]2[C@H](O[C@@H]2O[C@@H](C)[C@H](OCc3ccccc3)[C@@H](O[C@@H]3O[C@@H](C(=O)O)[C@H](OCc4ccccc4)[C@@H](OCc4ccccc4)[C@H]3OCc3ccccc3)[C@H]2OCc2ccccc2)[C@H]1NC(=O)CCNC(=O)OCC1c2ccccc2-c2ccccc21. The number of carboxylic acids is 1. The largest absolute Gasteiger partial charge is 0.479 e. The zero-order chi connectivity index (χ0) is 67.9. The maximum atomic E-state index is 14.6. The van der Waals surface area contributed by atoms with Crippen LogP contribution in [-0.4, -0.2) is 142 Å². The number of alkyl carbamates (subject to hydrolysis) is 1. The van der Waals surface area contributed by atoms with E-state index in [9.17, 15) is 19.5 Å². The molecule has 4 heterocycles. The summed E-state index contributed by atoms with van der Waals surface area (Å²) in [5.41, 5.74) is 9.10. The van der Waals surface area contributed by atoms with Crippen molar-refractivity contribution in [1.82, 2.24) is 10.6 Å². The Hall–Kier alpha value is -8.55. The first-order chi connectivity index (χ1) is 48.6. The van der Waals surface area contributed by atoms with Gasteiger partial charge in [0.25, 0.3) is 0 Å². The van der Waals surface area contributed by atoms with Crippen molar-refractivity contribution < 1.29 is 85.8 Å². The summed E-state index contributed by atoms with van der Waals surface area (Å²) >= 11 is 0. The molecule has 0 radical (unpaired) electrons. The molecule has 4 aliphatic heterocycles. The van der Waals surface area contributed by atoms with Crippen molar-refractivity contribution in [2.45, 2.75) is 151 Å². The van der Waals surface area contributed by atoms with Crippen molar-refractivity contribution in [1.29, 1.82) is 0 Å². The number of carbonyl (C=O) groups is 3. The third kappa shape index (κ3) is 17.0. The number of methoxy groups -OCH3 is 1. The zero-order valence-corrected chi connectivity index (χ0v) is 55.0. The average Bonchev–Trinajstić information content (AvgIpc) is 1.51. The molecule has 5 aliphatic rings. The maximum absolute atomic E-state index is 14.6. The van der Waals surface area contributed by atoms with E-state index in [1.807, 2.05) is 225 Å². The highest BCUT2D eigenvalue weighted by molar-refractivity contribution is 5.79. The number of fused-ring (bicyclic) bond motifs is 4. The number of benzene rings is 8. The molecular formula is C79H82N2O18. The van der Waals surface area contributed by atoms with Gasteiger partial charge in [0.2, 0.25) is 5.91 Å². The van der Waals surface area contributed by atoms with E-state index >= 15 is 0 Å². The highest BCUT2D eigenvalue weighted by Crippen LogP contribution is 2.45. The second kappa shape index (κ2) is 33.5. The number of carboxylic acid groups (broad SMARTS) is 1. The third-order valence-corrected chi connectivity index (χ3v) is 18.4. The van der Waals surface area contributed by atoms with Crippen molar-refractivity contribution in [2.75, 3.05) is 26.9 Å². The Kier molecular flexibility index (Phi) is 23.4. The van der Waals surface area contributed by atoms with Crippen molar-refractivity contribution >= 4 is 18.0 Å². The summed E-state index contributed by atoms with van der Waals surface area (Å²) in [6, 6.07) is 72.1. The minimum Gasteiger partial charge on any atom is -0.479 e. The topological polar surface area (TPSA) is 225 Å². The molecule has 0 spiro atoms. The Morgan fingerprint density at radius 3 is 1.43 bits per heavy atom. The van der Waals surface area contributed by atoms with Crippen LogP contribution in [0.4, 0.5) is 4.79 Å². The van der Waals surface area contributed by atoms with Gasteiger partial charge in [0.1, 0.15) is 67.6 Å². The second-order valence-electron chi connectivity index (χ2n) is 25.0. The summed E-state index contributed by atoms with van der Waals surface area (Å²) in [4.78, 5) is 42.0. The van der Waals surface area contributed by atoms with Crippen molar-refractivity contribution in [3.63, 3.8) is 0 Å². The fraction of sp³-hybridized carbons (Fsp3) is 0.354. The summed E-state index contributed by atoms with van der Waals surface area (Å²) in [7, 11) is 1.46. The fourth-order valence-corrected chi connectivity index (χ4v) is 13.5. The molecule has 20 nitrogen and oxygen atoms in total. The lowest BCUT2D eigenvalue weighted by Gasteiger charge is -2.52. The molecule has 16 atom stereocenters. The van der Waals surface area contributed by atoms with Crippen LogP contribution in [0.15, 0.2) is 231 Å². The highest BCUT2D eigenvalue weighted by atomic mass is 16.8. The van der Waals surface area contributed by atoms with Crippen LogP contribution >= 0.6 is 0 Å². The molecule has 20 heteroatoms. The van der Waals surface area contributed by atoms with Gasteiger partial charge in [-0.15, -0.1) is 0 Å². The number of ether oxygens (including phenoxy) is 14. The van der Waals surface area contributed by atoms with E-state index in [0.29, 0.717) is 0 Å². The normalized spacial score (nSPS) is 27.2. The highest BCUT2D eigenvalue weighted by Gasteiger charge is 2.58. The van der Waals surface area contributed by atoms with Gasteiger partial charge in [-0.1, -0.05) is 231 Å². The summed E-state index contributed by atoms with van der Waals surface area (Å²) in [6.07, 6.45) is -18.6. The first-order valence-corrected chi connectivity index (χ1v) is 33.6. The van der Waals surface area contributed by atoms with Crippen LogP contribution in [0.2, 0.25) is 0 Å². The van der Waals surface area contributed by atoms with E-state index in [2.05, 4.69) is 22.8 Å². The minimum atomic E-state index is -1.68. The molecule has 1 aliphatic carbocycles. The van der Waals surface area contributed by atoms with Crippen LogP contribution in [0.3, 0.4) is 0 Å². The van der Waals surface area contributed by atoms with Crippen molar-refractivity contribution in [3.05, 3.63) is 275 Å². The van der Waals surface area contributed by atoms with E-state index < -0.39 is 116 Å². The molecule has 8 aromatic carbocycles. The van der Waals surface area contributed by atoms with Gasteiger partial charge in [0, 0.05) is 31.6 Å². The third-order valence-electron chi connectivity index (χ3n) is 18.4. The van der Waals surface area contributed by atoms with E-state index in [0.717, 1.165) is 55.6 Å². The molecule has 99 heavy (non-hydrogen) atoms. The molecule has 516 valence electrons. The van der Waals surface area contributed by atoms with Gasteiger partial charge >= 0.3 is 12.1 Å². The van der Waals surface area contributed by atoms with Gasteiger partial charge in [-0.05, 0) is 57.0 Å². The number of hydrogen-bond donors (Lipinski definition) is 3. The van der Waals surface area contributed by atoms with Crippen LogP contribution in [0, 0.1) is 0 Å². The van der Waals surface area contributed by atoms with E-state index in [1.54, 1.807) is 0 Å². The maximum Gasteiger partial charge on any atom is 0.407 e. The summed E-state index contributed by atoms with van der Waals surface area (Å²) in [5, 5.41) is 17.3. The van der Waals surface area contributed by atoms with Crippen LogP contribution in [0.1, 0.15) is 70.1 Å². The van der Waals surface area contributed by atoms with Crippen molar-refractivity contribution in [3.8, 4) is 11.1 Å². The molecule has 0 saturated carbocycles. The fourth-order valence-electron chi connectivity index (χ4n) is 13.5. The number of hydrogen-bond acceptors (Lipinski definition) is 17. The van der Waals surface area contributed by atoms with E-state index in [-0.39, 0.29) is 65.1 Å². The van der Waals surface area contributed by atoms with Gasteiger partial charge in [-0.25, -0.2) is 9.59 Å². The lowest BCUT2D eigenvalue weighted by Crippen LogP contribution is -2.70. The molecule has 0 bridgehead atoms. The Bertz CT molecular complexity index is 3800. The molecule has 13 rings (SSSR count). The second-order valence-corrected chi connectivity index (χ2v) is 25.0. The van der Waals surface area contributed by atoms with Crippen LogP contribution in [-0.2, 0) is 109 Å². The molecule has 4 saturated heterocycles. The predicted molar refractivity (Wildman–Crippen MR) is 361 cm³/mol. The number of rotatable bonds is 28. The lowest BCUT2D eigenvalue weighted by molar-refractivity contribution is -0.394. The first-order valence-electron chi connectivity index (χ1n) is 33.6. The predicted octanol–water partition coefficient (Wildman–Crippen LogP) is 11.1. The van der Waals surface area contributed by atoms with Gasteiger partial charge in [0.05, 0.1) is 45.7 Å². The summed E-state index contributed by atoms with van der Waals surface area (Å²) in [6.45, 7) is 2.01. The quantitative estimate of drug-likeness (QED) is 0.0414. The monoisotopic (exact) mass is 1350 g/mol. The van der Waals surface area contributed by atoms with Gasteiger partial charge in [-0.3, -0.25) is 4.79 Å². The van der Waals surface area contributed by atoms with Gasteiger partial charge < -0.3 is 82.1 Å². The van der Waals surface area contributed by atoms with Crippen molar-refractivity contribution in [2.24, 2.45) is 0 Å². The summed E-state index contributed by atoms with van der Waals surface area (Å²) < 4.78 is 95.4. The molecule has 2 amide bonds. The molecule has 8 aromatic rings. The standard InChI is InChI=1S/C79H82N2O18/c1-50-65(87-43-51-25-9-3-10-26-51)70(98-78-72(90-46-54-31-15-6-16-32-54)69(89-45-53-29-13-5-14-30-53)68(71(99-78)74(83)84)88-44-52-27-11-4-12-28-52)73(91-47-55-33-17-7-18-34-55)77(94-50)97-67-64(76(86-2)95-62-49-92-75(96-66(62)67)56-35-19-8-20-36-56)81-63(82)41-42-80-79(85)93-48-61-59-39-23-21-37-57(59)58-38-22-24-40-60(58)61/h3-40,50,61-62,64-73,75-78H,41-49H2,1-2H3,(H,80,85)(H,81,82)(H,83,84)/t50-,62+,64+,65-,66+,67+,68+,69+,70+,71+,72+,73+,75+,76+,77-,78+/m0/s1. The zero-order valence-electron chi connectivity index (χ0n) is 55.0. The number of carbonyl (C=O) groups excluding carboxylic acids is 2. The number of nitrogens with one attached hydrogen (secondary N) is 2. The minimum absolute atomic E-state index is 0.0123. The summed E-state index contributed by atoms with van der Waals surface area (Å²) in [5.74, 6) is -1.99. The van der Waals surface area contributed by atoms with E-state index in [4.69, 9.17) is 66.3 Å². The van der Waals surface area contributed by atoms with Gasteiger partial charge in [-0.2, -0.15) is 0 Å². The molecular weight excluding hydrogens is 1260 g/mol. The van der Waals surface area contributed by atoms with Crippen LogP contribution in [0.5, 0.6) is 0 Å². The lowest BCUT2D eigenvalue weighted by atomic mass is 9.93. The first kappa shape index (κ1) is 69.0. The Balaban J connectivity index is 0.837. The number of aliphatic carboxylic acids is 1. The Morgan fingerprint density at radius 2 is 0.919 bits per heavy atom. The molecule has 4 fully saturated rings. The average molecular weight is 1350 g/mol. The van der Waals surface area contributed by atoms with E-state index in [1.165, 1.54) is 7.11 Å².